The molecule has 0 heterocycles. The lowest BCUT2D eigenvalue weighted by Crippen LogP contribution is -2.18. The zero-order valence-electron chi connectivity index (χ0n) is 10.6. The summed E-state index contributed by atoms with van der Waals surface area (Å²) in [5, 5.41) is 18.9. The Hall–Kier alpha value is -1.54. The van der Waals surface area contributed by atoms with E-state index in [4.69, 9.17) is 5.26 Å². The van der Waals surface area contributed by atoms with Crippen molar-refractivity contribution in [2.45, 2.75) is 44.4 Å². The number of hydrogen-bond acceptors (Lipinski definition) is 2. The van der Waals surface area contributed by atoms with Crippen LogP contribution >= 0.6 is 0 Å². The Labute approximate surface area is 110 Å². The fraction of sp³-hybridized carbons (Fsp3) is 0.500. The van der Waals surface area contributed by atoms with Gasteiger partial charge in [-0.1, -0.05) is 38.0 Å². The third kappa shape index (κ3) is 4.25. The molecule has 19 heavy (non-hydrogen) atoms. The summed E-state index contributed by atoms with van der Waals surface area (Å²) in [5.41, 5.74) is -0.589. The quantitative estimate of drug-likeness (QED) is 0.883. The maximum absolute atomic E-state index is 12.6. The summed E-state index contributed by atoms with van der Waals surface area (Å²) in [6.07, 6.45) is -3.38. The van der Waals surface area contributed by atoms with Crippen LogP contribution in [-0.2, 0) is 6.18 Å². The van der Waals surface area contributed by atoms with Gasteiger partial charge in [0.1, 0.15) is 0 Å². The van der Waals surface area contributed by atoms with Gasteiger partial charge < -0.3 is 5.11 Å². The smallest absolute Gasteiger partial charge is 0.391 e. The van der Waals surface area contributed by atoms with Crippen molar-refractivity contribution in [3.63, 3.8) is 0 Å². The second-order valence-electron chi connectivity index (χ2n) is 4.44. The minimum Gasteiger partial charge on any atom is -0.391 e. The van der Waals surface area contributed by atoms with Gasteiger partial charge in [-0.2, -0.15) is 18.4 Å². The average Bonchev–Trinajstić information content (AvgIpc) is 2.36. The highest BCUT2D eigenvalue weighted by molar-refractivity contribution is 5.32. The summed E-state index contributed by atoms with van der Waals surface area (Å²) in [5.74, 6) is -0.922. The predicted octanol–water partition coefficient (Wildman–Crippen LogP) is 3.86. The van der Waals surface area contributed by atoms with Crippen LogP contribution in [0.2, 0.25) is 0 Å². The van der Waals surface area contributed by atoms with E-state index in [0.29, 0.717) is 6.42 Å². The first-order chi connectivity index (χ1) is 8.90. The van der Waals surface area contributed by atoms with E-state index in [1.54, 1.807) is 0 Å². The van der Waals surface area contributed by atoms with E-state index < -0.39 is 23.8 Å². The number of halogens is 3. The molecule has 1 aromatic carbocycles. The van der Waals surface area contributed by atoms with Gasteiger partial charge in [-0.25, -0.2) is 0 Å². The number of nitriles is 1. The van der Waals surface area contributed by atoms with Crippen molar-refractivity contribution >= 4 is 0 Å². The molecule has 0 aliphatic rings. The molecule has 2 atom stereocenters. The van der Waals surface area contributed by atoms with E-state index in [-0.39, 0.29) is 5.56 Å². The van der Waals surface area contributed by atoms with Gasteiger partial charge in [0.05, 0.1) is 23.7 Å². The Balaban J connectivity index is 2.97. The number of benzene rings is 1. The molecule has 1 rings (SSSR count). The van der Waals surface area contributed by atoms with Crippen molar-refractivity contribution in [3.05, 3.63) is 35.4 Å². The van der Waals surface area contributed by atoms with Crippen LogP contribution in [0.4, 0.5) is 13.2 Å². The summed E-state index contributed by atoms with van der Waals surface area (Å²) < 4.78 is 37.8. The van der Waals surface area contributed by atoms with Gasteiger partial charge in [-0.15, -0.1) is 0 Å². The fourth-order valence-electron chi connectivity index (χ4n) is 1.87. The number of aliphatic hydroxyl groups is 1. The topological polar surface area (TPSA) is 44.0 Å². The Bertz CT molecular complexity index is 451. The second-order valence-corrected chi connectivity index (χ2v) is 4.44. The van der Waals surface area contributed by atoms with E-state index in [2.05, 4.69) is 0 Å². The molecule has 0 spiro atoms. The first-order valence-corrected chi connectivity index (χ1v) is 6.15. The highest BCUT2D eigenvalue weighted by Gasteiger charge is 2.31. The maximum Gasteiger partial charge on any atom is 0.416 e. The summed E-state index contributed by atoms with van der Waals surface area (Å²) in [6.45, 7) is 1.94. The monoisotopic (exact) mass is 271 g/mol. The van der Waals surface area contributed by atoms with Crippen LogP contribution in [0.25, 0.3) is 0 Å². The molecule has 0 aliphatic heterocycles. The van der Waals surface area contributed by atoms with Gasteiger partial charge in [0.15, 0.2) is 0 Å². The lowest BCUT2D eigenvalue weighted by atomic mass is 9.91. The molecule has 0 aromatic heterocycles. The second kappa shape index (κ2) is 6.58. The van der Waals surface area contributed by atoms with E-state index in [0.717, 1.165) is 25.0 Å². The van der Waals surface area contributed by atoms with Crippen molar-refractivity contribution in [2.75, 3.05) is 0 Å². The van der Waals surface area contributed by atoms with Gasteiger partial charge in [0, 0.05) is 0 Å². The van der Waals surface area contributed by atoms with Crippen molar-refractivity contribution in [2.24, 2.45) is 0 Å². The number of aliphatic hydroxyl groups excluding tert-OH is 1. The highest BCUT2D eigenvalue weighted by Crippen LogP contribution is 2.32. The zero-order valence-corrected chi connectivity index (χ0v) is 10.6. The highest BCUT2D eigenvalue weighted by atomic mass is 19.4. The molecule has 0 aliphatic carbocycles. The Kier molecular flexibility index (Phi) is 5.37. The Morgan fingerprint density at radius 1 is 1.37 bits per heavy atom. The molecule has 2 unspecified atom stereocenters. The zero-order chi connectivity index (χ0) is 14.5. The van der Waals surface area contributed by atoms with Crippen LogP contribution in [0.1, 0.15) is 43.2 Å². The molecule has 0 bridgehead atoms. The number of hydrogen-bond donors (Lipinski definition) is 1. The molecule has 1 aromatic rings. The Morgan fingerprint density at radius 2 is 2.05 bits per heavy atom. The van der Waals surface area contributed by atoms with Crippen LogP contribution < -0.4 is 0 Å². The van der Waals surface area contributed by atoms with E-state index in [1.165, 1.54) is 12.1 Å². The molecule has 0 saturated heterocycles. The first-order valence-electron chi connectivity index (χ1n) is 6.15. The van der Waals surface area contributed by atoms with Crippen molar-refractivity contribution in [3.8, 4) is 6.07 Å². The maximum atomic E-state index is 12.6. The van der Waals surface area contributed by atoms with Gasteiger partial charge >= 0.3 is 6.18 Å². The molecule has 1 N–H and O–H groups in total. The number of unbranched alkanes of at least 4 members (excludes halogenated alkanes) is 1. The lowest BCUT2D eigenvalue weighted by Gasteiger charge is -2.18. The van der Waals surface area contributed by atoms with E-state index >= 15 is 0 Å². The molecular formula is C14H16F3NO. The van der Waals surface area contributed by atoms with Gasteiger partial charge in [-0.3, -0.25) is 0 Å². The van der Waals surface area contributed by atoms with E-state index in [9.17, 15) is 18.3 Å². The molecule has 2 nitrogen and oxygen atoms in total. The molecular weight excluding hydrogens is 255 g/mol. The lowest BCUT2D eigenvalue weighted by molar-refractivity contribution is -0.137. The van der Waals surface area contributed by atoms with Crippen LogP contribution in [0.15, 0.2) is 24.3 Å². The SMILES string of the molecule is CCCCC(O)C(C#N)c1cccc(C(F)(F)F)c1. The molecule has 104 valence electrons. The van der Waals surface area contributed by atoms with Crippen molar-refractivity contribution in [1.29, 1.82) is 5.26 Å². The van der Waals surface area contributed by atoms with Gasteiger partial charge in [-0.05, 0) is 18.1 Å². The number of alkyl halides is 3. The summed E-state index contributed by atoms with van der Waals surface area (Å²) in [4.78, 5) is 0. The normalized spacial score (nSPS) is 14.7. The summed E-state index contributed by atoms with van der Waals surface area (Å²) in [6, 6.07) is 6.48. The third-order valence-electron chi connectivity index (χ3n) is 2.95. The van der Waals surface area contributed by atoms with Crippen LogP contribution in [0, 0.1) is 11.3 Å². The summed E-state index contributed by atoms with van der Waals surface area (Å²) in [7, 11) is 0. The van der Waals surface area contributed by atoms with Crippen LogP contribution in [0.5, 0.6) is 0 Å². The van der Waals surface area contributed by atoms with Gasteiger partial charge in [0.25, 0.3) is 0 Å². The van der Waals surface area contributed by atoms with E-state index in [1.807, 2.05) is 13.0 Å². The minimum absolute atomic E-state index is 0.209. The number of nitrogens with zero attached hydrogens (tertiary/aromatic N) is 1. The Morgan fingerprint density at radius 3 is 2.58 bits per heavy atom. The predicted molar refractivity (Wildman–Crippen MR) is 65.3 cm³/mol. The third-order valence-corrected chi connectivity index (χ3v) is 2.95. The summed E-state index contributed by atoms with van der Waals surface area (Å²) >= 11 is 0. The molecule has 0 fully saturated rings. The molecule has 0 radical (unpaired) electrons. The molecule has 5 heteroatoms. The van der Waals surface area contributed by atoms with Gasteiger partial charge in [0.2, 0.25) is 0 Å². The van der Waals surface area contributed by atoms with Crippen molar-refractivity contribution in [1.82, 2.24) is 0 Å². The minimum atomic E-state index is -4.44. The average molecular weight is 271 g/mol. The van der Waals surface area contributed by atoms with Crippen LogP contribution in [0.3, 0.4) is 0 Å². The molecule has 0 saturated carbocycles. The standard InChI is InChI=1S/C14H16F3NO/c1-2-3-7-13(19)12(9-18)10-5-4-6-11(8-10)14(15,16)17/h4-6,8,12-13,19H,2-3,7H2,1H3. The fourth-order valence-corrected chi connectivity index (χ4v) is 1.87. The van der Waals surface area contributed by atoms with Crippen LogP contribution in [-0.4, -0.2) is 11.2 Å². The number of rotatable bonds is 5. The molecule has 0 amide bonds. The first kappa shape index (κ1) is 15.5. The largest absolute Gasteiger partial charge is 0.416 e. The van der Waals surface area contributed by atoms with Crippen molar-refractivity contribution < 1.29 is 18.3 Å².